The summed E-state index contributed by atoms with van der Waals surface area (Å²) < 4.78 is 18.3. The van der Waals surface area contributed by atoms with E-state index < -0.39 is 5.54 Å². The number of aromatic nitrogens is 1. The molecule has 1 aliphatic heterocycles. The Hall–Kier alpha value is -4.29. The molecular weight excluding hydrogens is 494 g/mol. The van der Waals surface area contributed by atoms with Gasteiger partial charge in [-0.3, -0.25) is 0 Å². The molecule has 0 radical (unpaired) electrons. The smallest absolute Gasteiger partial charge is 0.238 e. The lowest BCUT2D eigenvalue weighted by Crippen LogP contribution is -2.32. The van der Waals surface area contributed by atoms with Crippen molar-refractivity contribution in [3.63, 3.8) is 0 Å². The van der Waals surface area contributed by atoms with E-state index in [0.717, 1.165) is 52.0 Å². The molecule has 2 N–H and O–H groups in total. The van der Waals surface area contributed by atoms with Crippen LogP contribution in [0, 0.1) is 0 Å². The van der Waals surface area contributed by atoms with Gasteiger partial charge in [-0.05, 0) is 98.8 Å². The highest BCUT2D eigenvalue weighted by molar-refractivity contribution is 6.32. The van der Waals surface area contributed by atoms with Gasteiger partial charge in [-0.25, -0.2) is 0 Å². The van der Waals surface area contributed by atoms with Crippen molar-refractivity contribution in [3.8, 4) is 0 Å². The van der Waals surface area contributed by atoms with Crippen molar-refractivity contribution in [2.24, 2.45) is 5.73 Å². The summed E-state index contributed by atoms with van der Waals surface area (Å²) in [5, 5.41) is 0.901. The maximum Gasteiger partial charge on any atom is 0.238 e. The number of nitrogens with two attached hydrogens (primary N) is 1. The van der Waals surface area contributed by atoms with Crippen LogP contribution in [0.4, 0.5) is 21.5 Å². The molecule has 4 nitrogen and oxygen atoms in total. The molecule has 0 aliphatic carbocycles. The maximum absolute atomic E-state index is 16.2. The molecule has 1 atom stereocenters. The number of rotatable bonds is 9. The molecule has 1 unspecified atom stereocenters. The van der Waals surface area contributed by atoms with Crippen molar-refractivity contribution in [3.05, 3.63) is 138 Å². The van der Waals surface area contributed by atoms with Gasteiger partial charge < -0.3 is 15.1 Å². The molecule has 3 aromatic carbocycles. The lowest BCUT2D eigenvalue weighted by Gasteiger charge is -2.28. The van der Waals surface area contributed by atoms with Crippen LogP contribution in [-0.2, 0) is 0 Å². The third-order valence-corrected chi connectivity index (χ3v) is 7.45. The second kappa shape index (κ2) is 11.8. The number of nitrogens with zero attached hydrogens (tertiary/aromatic N) is 3. The Bertz CT molecular complexity index is 1480. The first-order valence-corrected chi connectivity index (χ1v) is 13.9. The number of allylic oxidation sites excluding steroid dienone is 1. The zero-order valence-electron chi connectivity index (χ0n) is 23.5. The van der Waals surface area contributed by atoms with Gasteiger partial charge in [-0.1, -0.05) is 72.0 Å². The van der Waals surface area contributed by atoms with Crippen molar-refractivity contribution in [2.45, 2.75) is 32.6 Å². The molecule has 40 heavy (non-hydrogen) atoms. The van der Waals surface area contributed by atoms with Gasteiger partial charge in [0.2, 0.25) is 7.41 Å². The van der Waals surface area contributed by atoms with Crippen molar-refractivity contribution in [1.29, 1.82) is 0 Å². The quantitative estimate of drug-likeness (QED) is 0.177. The minimum absolute atomic E-state index is 0.455. The third kappa shape index (κ3) is 5.40. The number of benzene rings is 3. The number of hydrogen-bond acceptors (Lipinski definition) is 3. The van der Waals surface area contributed by atoms with Crippen LogP contribution < -0.4 is 10.6 Å². The molecule has 202 valence electrons. The van der Waals surface area contributed by atoms with Gasteiger partial charge in [0.05, 0.1) is 5.70 Å². The standard InChI is InChI=1S/C34H36BFN4/c1-26-25-34(2,40(36)33(26)31(21-23-37)32-15-10-24-38(32)35-3)22-20-27-16-18-30(19-17-27)39(28-11-6-4-7-12-28)29-13-8-5-9-14-29/h4-20,22,24-25,35H,21,23,37H2,1-3H3/b22-20+,33-31-. The summed E-state index contributed by atoms with van der Waals surface area (Å²) >= 11 is 0. The topological polar surface area (TPSA) is 37.4 Å². The average molecular weight is 531 g/mol. The lowest BCUT2D eigenvalue weighted by atomic mass is 9.95. The SMILES string of the molecule is CBn1cccc1/C(CCN)=C1/C(C)=CC(C)(/C=C/c2ccc(N(c3ccccc3)c3ccccc3)cc2)N1F. The first-order valence-electron chi connectivity index (χ1n) is 13.9. The van der Waals surface area contributed by atoms with E-state index in [0.29, 0.717) is 18.7 Å². The fourth-order valence-corrected chi connectivity index (χ4v) is 5.51. The maximum atomic E-state index is 16.2. The van der Waals surface area contributed by atoms with Crippen molar-refractivity contribution in [1.82, 2.24) is 9.60 Å². The van der Waals surface area contributed by atoms with E-state index >= 15 is 4.48 Å². The summed E-state index contributed by atoms with van der Waals surface area (Å²) in [6, 6.07) is 33.1. The summed E-state index contributed by atoms with van der Waals surface area (Å²) in [5.41, 5.74) is 12.8. The van der Waals surface area contributed by atoms with Crippen LogP contribution in [0.15, 0.2) is 127 Å². The van der Waals surface area contributed by atoms with Crippen LogP contribution in [-0.4, -0.2) is 29.1 Å². The Balaban J connectivity index is 1.43. The Morgan fingerprint density at radius 3 is 2.08 bits per heavy atom. The molecule has 0 saturated heterocycles. The molecule has 6 heteroatoms. The zero-order valence-corrected chi connectivity index (χ0v) is 23.5. The number of halogens is 1. The second-order valence-electron chi connectivity index (χ2n) is 10.3. The minimum atomic E-state index is -0.901. The third-order valence-electron chi connectivity index (χ3n) is 7.45. The zero-order chi connectivity index (χ0) is 28.1. The lowest BCUT2D eigenvalue weighted by molar-refractivity contribution is 0.0246. The van der Waals surface area contributed by atoms with Gasteiger partial charge >= 0.3 is 0 Å². The predicted molar refractivity (Wildman–Crippen MR) is 169 cm³/mol. The van der Waals surface area contributed by atoms with Gasteiger partial charge in [0.15, 0.2) is 0 Å². The molecule has 0 amide bonds. The molecule has 0 fully saturated rings. The van der Waals surface area contributed by atoms with E-state index in [-0.39, 0.29) is 0 Å². The largest absolute Gasteiger partial charge is 0.396 e. The normalized spacial score (nSPS) is 18.2. The summed E-state index contributed by atoms with van der Waals surface area (Å²) in [6.45, 7) is 6.43. The van der Waals surface area contributed by atoms with Gasteiger partial charge in [0.1, 0.15) is 5.54 Å². The summed E-state index contributed by atoms with van der Waals surface area (Å²) in [7, 11) is 0.817. The summed E-state index contributed by atoms with van der Waals surface area (Å²) in [4.78, 5) is 2.23. The van der Waals surface area contributed by atoms with Crippen molar-refractivity contribution in [2.75, 3.05) is 11.4 Å². The summed E-state index contributed by atoms with van der Waals surface area (Å²) in [6.07, 6.45) is 8.56. The van der Waals surface area contributed by atoms with E-state index in [1.54, 1.807) is 0 Å². The van der Waals surface area contributed by atoms with Crippen LogP contribution in [0.3, 0.4) is 0 Å². The average Bonchev–Trinajstić information content (AvgIpc) is 3.54. The Kier molecular flexibility index (Phi) is 8.08. The van der Waals surface area contributed by atoms with Crippen LogP contribution in [0.25, 0.3) is 11.6 Å². The Labute approximate surface area is 237 Å². The molecule has 0 saturated carbocycles. The monoisotopic (exact) mass is 530 g/mol. The first-order chi connectivity index (χ1) is 19.4. The number of anilines is 3. The molecular formula is C34H36BFN4. The fraction of sp³-hybridized carbons (Fsp3) is 0.176. The van der Waals surface area contributed by atoms with Gasteiger partial charge in [0, 0.05) is 28.3 Å². The van der Waals surface area contributed by atoms with E-state index in [4.69, 9.17) is 5.73 Å². The molecule has 2 heterocycles. The van der Waals surface area contributed by atoms with E-state index in [1.165, 1.54) is 0 Å². The highest BCUT2D eigenvalue weighted by atomic mass is 19.2. The van der Waals surface area contributed by atoms with Gasteiger partial charge in [0.25, 0.3) is 0 Å². The fourth-order valence-electron chi connectivity index (χ4n) is 5.51. The van der Waals surface area contributed by atoms with Gasteiger partial charge in [-0.2, -0.15) is 5.12 Å². The van der Waals surface area contributed by atoms with Crippen LogP contribution in [0.5, 0.6) is 0 Å². The number of hydrogen-bond donors (Lipinski definition) is 1. The van der Waals surface area contributed by atoms with Crippen molar-refractivity contribution >= 4 is 36.1 Å². The van der Waals surface area contributed by atoms with Crippen LogP contribution in [0.2, 0.25) is 6.82 Å². The highest BCUT2D eigenvalue weighted by Gasteiger charge is 2.38. The number of para-hydroxylation sites is 2. The minimum Gasteiger partial charge on any atom is -0.396 e. The molecule has 0 bridgehead atoms. The van der Waals surface area contributed by atoms with E-state index in [9.17, 15) is 0 Å². The Morgan fingerprint density at radius 1 is 0.900 bits per heavy atom. The molecule has 1 aromatic heterocycles. The first kappa shape index (κ1) is 27.3. The van der Waals surface area contributed by atoms with E-state index in [2.05, 4.69) is 64.7 Å². The second-order valence-corrected chi connectivity index (χ2v) is 10.3. The summed E-state index contributed by atoms with van der Waals surface area (Å²) in [5.74, 6) is 0. The van der Waals surface area contributed by atoms with Crippen LogP contribution >= 0.6 is 0 Å². The molecule has 4 aromatic rings. The van der Waals surface area contributed by atoms with Gasteiger partial charge in [-0.15, -0.1) is 0 Å². The van der Waals surface area contributed by atoms with Crippen LogP contribution in [0.1, 0.15) is 31.5 Å². The van der Waals surface area contributed by atoms with Crippen molar-refractivity contribution < 1.29 is 4.48 Å². The molecule has 5 rings (SSSR count). The predicted octanol–water partition coefficient (Wildman–Crippen LogP) is 7.88. The van der Waals surface area contributed by atoms with E-state index in [1.807, 2.05) is 86.8 Å². The highest BCUT2D eigenvalue weighted by Crippen LogP contribution is 2.42. The Morgan fingerprint density at radius 2 is 1.50 bits per heavy atom. The molecule has 1 aliphatic rings. The molecule has 0 spiro atoms.